The van der Waals surface area contributed by atoms with Crippen LogP contribution >= 0.6 is 0 Å². The minimum absolute atomic E-state index is 0.0798. The highest BCUT2D eigenvalue weighted by Crippen LogP contribution is 2.30. The molecule has 3 rings (SSSR count). The van der Waals surface area contributed by atoms with Crippen LogP contribution in [0.4, 0.5) is 0 Å². The predicted octanol–water partition coefficient (Wildman–Crippen LogP) is 5.25. The molecule has 20 heavy (non-hydrogen) atoms. The predicted molar refractivity (Wildman–Crippen MR) is 87.3 cm³/mol. The molecule has 0 saturated heterocycles. The van der Waals surface area contributed by atoms with E-state index in [1.54, 1.807) is 0 Å². The zero-order valence-corrected chi connectivity index (χ0v) is 12.7. The van der Waals surface area contributed by atoms with E-state index in [4.69, 9.17) is 4.98 Å². The Morgan fingerprint density at radius 1 is 0.950 bits per heavy atom. The molecule has 0 spiro atoms. The molecule has 102 valence electrons. The second-order valence-electron chi connectivity index (χ2n) is 6.46. The van der Waals surface area contributed by atoms with Crippen LogP contribution in [-0.2, 0) is 11.8 Å². The lowest BCUT2D eigenvalue weighted by molar-refractivity contribution is 0.564. The molecule has 0 unspecified atom stereocenters. The number of rotatable bonds is 1. The van der Waals surface area contributed by atoms with Crippen molar-refractivity contribution in [2.45, 2.75) is 39.5 Å². The zero-order chi connectivity index (χ0) is 14.3. The first-order chi connectivity index (χ1) is 9.50. The van der Waals surface area contributed by atoms with Gasteiger partial charge in [-0.15, -0.1) is 0 Å². The fourth-order valence-electron chi connectivity index (χ4n) is 2.87. The average molecular weight is 263 g/mol. The average Bonchev–Trinajstić information content (AvgIpc) is 2.44. The van der Waals surface area contributed by atoms with Gasteiger partial charge in [0.15, 0.2) is 0 Å². The van der Waals surface area contributed by atoms with Crippen molar-refractivity contribution >= 4 is 21.7 Å². The number of aromatic nitrogens is 1. The van der Waals surface area contributed by atoms with Gasteiger partial charge in [-0.1, -0.05) is 64.1 Å². The molecule has 2 aromatic carbocycles. The van der Waals surface area contributed by atoms with Crippen molar-refractivity contribution in [2.24, 2.45) is 0 Å². The van der Waals surface area contributed by atoms with Crippen LogP contribution in [0.25, 0.3) is 21.7 Å². The number of nitrogens with zero attached hydrogens (tertiary/aromatic N) is 1. The van der Waals surface area contributed by atoms with Crippen molar-refractivity contribution in [3.63, 3.8) is 0 Å². The van der Waals surface area contributed by atoms with Crippen LogP contribution in [0.1, 0.15) is 39.0 Å². The molecule has 0 aliphatic heterocycles. The third-order valence-corrected chi connectivity index (χ3v) is 3.88. The van der Waals surface area contributed by atoms with E-state index >= 15 is 0 Å². The summed E-state index contributed by atoms with van der Waals surface area (Å²) in [6.07, 6.45) is 1.03. The van der Waals surface area contributed by atoms with Crippen LogP contribution in [0.15, 0.2) is 42.5 Å². The molecule has 1 heterocycles. The van der Waals surface area contributed by atoms with Crippen molar-refractivity contribution in [1.29, 1.82) is 0 Å². The van der Waals surface area contributed by atoms with Gasteiger partial charge < -0.3 is 0 Å². The van der Waals surface area contributed by atoms with Crippen molar-refractivity contribution in [2.75, 3.05) is 0 Å². The van der Waals surface area contributed by atoms with Crippen LogP contribution < -0.4 is 0 Å². The minimum Gasteiger partial charge on any atom is -0.251 e. The van der Waals surface area contributed by atoms with Crippen LogP contribution in [0.3, 0.4) is 0 Å². The third kappa shape index (κ3) is 2.07. The Hall–Kier alpha value is -1.89. The molecular weight excluding hydrogens is 242 g/mol. The smallest absolute Gasteiger partial charge is 0.0784 e. The molecule has 0 atom stereocenters. The maximum Gasteiger partial charge on any atom is 0.0784 e. The summed E-state index contributed by atoms with van der Waals surface area (Å²) in [5.41, 5.74) is 3.80. The molecule has 1 aromatic heterocycles. The minimum atomic E-state index is 0.0798. The number of benzene rings is 2. The number of hydrogen-bond donors (Lipinski definition) is 0. The Kier molecular flexibility index (Phi) is 3.01. The largest absolute Gasteiger partial charge is 0.251 e. The Morgan fingerprint density at radius 2 is 1.65 bits per heavy atom. The molecule has 0 radical (unpaired) electrons. The van der Waals surface area contributed by atoms with E-state index in [2.05, 4.69) is 70.2 Å². The number of hydrogen-bond acceptors (Lipinski definition) is 1. The van der Waals surface area contributed by atoms with E-state index in [0.717, 1.165) is 11.9 Å². The van der Waals surface area contributed by atoms with Crippen molar-refractivity contribution in [1.82, 2.24) is 4.98 Å². The van der Waals surface area contributed by atoms with Crippen molar-refractivity contribution < 1.29 is 0 Å². The molecule has 0 saturated carbocycles. The lowest BCUT2D eigenvalue weighted by atomic mass is 9.86. The maximum absolute atomic E-state index is 5.05. The van der Waals surface area contributed by atoms with Gasteiger partial charge in [-0.25, -0.2) is 0 Å². The fraction of sp³-hybridized carbons (Fsp3) is 0.316. The van der Waals surface area contributed by atoms with Gasteiger partial charge in [0.05, 0.1) is 5.52 Å². The number of aryl methyl sites for hydroxylation is 1. The first-order valence-electron chi connectivity index (χ1n) is 7.32. The van der Waals surface area contributed by atoms with Crippen LogP contribution in [-0.4, -0.2) is 4.98 Å². The summed E-state index contributed by atoms with van der Waals surface area (Å²) in [7, 11) is 0. The third-order valence-electron chi connectivity index (χ3n) is 3.88. The lowest BCUT2D eigenvalue weighted by Crippen LogP contribution is -2.16. The van der Waals surface area contributed by atoms with Gasteiger partial charge in [0, 0.05) is 21.9 Å². The van der Waals surface area contributed by atoms with Gasteiger partial charge >= 0.3 is 0 Å². The molecule has 0 aliphatic rings. The summed E-state index contributed by atoms with van der Waals surface area (Å²) in [5, 5.41) is 3.75. The second-order valence-corrected chi connectivity index (χ2v) is 6.46. The SMILES string of the molecule is CCc1cc2ccc3ccccc3c2nc1C(C)(C)C. The summed E-state index contributed by atoms with van der Waals surface area (Å²) in [4.78, 5) is 5.05. The molecular formula is C19H21N. The Labute approximate surface area is 120 Å². The normalized spacial score (nSPS) is 12.2. The zero-order valence-electron chi connectivity index (χ0n) is 12.7. The van der Waals surface area contributed by atoms with Gasteiger partial charge in [0.25, 0.3) is 0 Å². The van der Waals surface area contributed by atoms with Gasteiger partial charge in [-0.2, -0.15) is 0 Å². The summed E-state index contributed by atoms with van der Waals surface area (Å²) < 4.78 is 0. The molecule has 0 amide bonds. The molecule has 0 fully saturated rings. The van der Waals surface area contributed by atoms with Gasteiger partial charge in [0.1, 0.15) is 0 Å². The fourth-order valence-corrected chi connectivity index (χ4v) is 2.87. The molecule has 3 aromatic rings. The van der Waals surface area contributed by atoms with E-state index in [9.17, 15) is 0 Å². The monoisotopic (exact) mass is 263 g/mol. The highest BCUT2D eigenvalue weighted by molar-refractivity contribution is 6.05. The summed E-state index contributed by atoms with van der Waals surface area (Å²) in [5.74, 6) is 0. The van der Waals surface area contributed by atoms with Gasteiger partial charge in [0.2, 0.25) is 0 Å². The summed E-state index contributed by atoms with van der Waals surface area (Å²) in [6.45, 7) is 8.93. The summed E-state index contributed by atoms with van der Waals surface area (Å²) in [6, 6.07) is 15.2. The van der Waals surface area contributed by atoms with Gasteiger partial charge in [-0.05, 0) is 23.4 Å². The quantitative estimate of drug-likeness (QED) is 0.546. The standard InChI is InChI=1S/C19H21N/c1-5-13-12-15-11-10-14-8-6-7-9-16(14)17(15)20-18(13)19(2,3)4/h6-12H,5H2,1-4H3. The lowest BCUT2D eigenvalue weighted by Gasteiger charge is -2.22. The van der Waals surface area contributed by atoms with Crippen LogP contribution in [0.5, 0.6) is 0 Å². The molecule has 1 heteroatoms. The van der Waals surface area contributed by atoms with E-state index in [1.807, 2.05) is 0 Å². The molecule has 0 aliphatic carbocycles. The number of pyridine rings is 1. The van der Waals surface area contributed by atoms with E-state index in [-0.39, 0.29) is 5.41 Å². The Balaban J connectivity index is 2.43. The molecule has 0 N–H and O–H groups in total. The summed E-state index contributed by atoms with van der Waals surface area (Å²) >= 11 is 0. The van der Waals surface area contributed by atoms with Crippen LogP contribution in [0.2, 0.25) is 0 Å². The van der Waals surface area contributed by atoms with Crippen molar-refractivity contribution in [3.05, 3.63) is 53.7 Å². The topological polar surface area (TPSA) is 12.9 Å². The molecule has 0 bridgehead atoms. The first kappa shape index (κ1) is 13.1. The molecule has 1 nitrogen and oxygen atoms in total. The Morgan fingerprint density at radius 3 is 2.35 bits per heavy atom. The first-order valence-corrected chi connectivity index (χ1v) is 7.32. The van der Waals surface area contributed by atoms with E-state index < -0.39 is 0 Å². The van der Waals surface area contributed by atoms with Crippen molar-refractivity contribution in [3.8, 4) is 0 Å². The second kappa shape index (κ2) is 4.59. The van der Waals surface area contributed by atoms with Crippen LogP contribution in [0, 0.1) is 0 Å². The number of fused-ring (bicyclic) bond motifs is 3. The van der Waals surface area contributed by atoms with Gasteiger partial charge in [-0.3, -0.25) is 4.98 Å². The highest BCUT2D eigenvalue weighted by Gasteiger charge is 2.20. The van der Waals surface area contributed by atoms with E-state index in [0.29, 0.717) is 0 Å². The Bertz CT molecular complexity index is 779. The highest BCUT2D eigenvalue weighted by atomic mass is 14.7. The van der Waals surface area contributed by atoms with E-state index in [1.165, 1.54) is 27.4 Å². The maximum atomic E-state index is 5.05.